The molecule has 0 atom stereocenters. The molecule has 0 aliphatic carbocycles. The second kappa shape index (κ2) is 35.3. The van der Waals surface area contributed by atoms with Crippen LogP contribution in [0, 0.1) is 0 Å². The van der Waals surface area contributed by atoms with Crippen LogP contribution in [0.25, 0.3) is 11.1 Å². The first-order chi connectivity index (χ1) is 43.8. The Kier molecular flexibility index (Phi) is 27.7. The predicted octanol–water partition coefficient (Wildman–Crippen LogP) is 5.66. The summed E-state index contributed by atoms with van der Waals surface area (Å²) in [7, 11) is 6.96. The highest BCUT2D eigenvalue weighted by Gasteiger charge is 2.40. The molecule has 93 heavy (non-hydrogen) atoms. The van der Waals surface area contributed by atoms with Crippen LogP contribution in [0.3, 0.4) is 0 Å². The molecule has 9 aromatic carbocycles. The molecule has 0 saturated carbocycles. The molecule has 0 spiro atoms. The minimum Gasteiger partial charge on any atom is -1.00 e. The summed E-state index contributed by atoms with van der Waals surface area (Å²) < 4.78 is 2.94. The number of quaternary nitrogens is 3. The Morgan fingerprint density at radius 1 is 0.355 bits per heavy atom. The van der Waals surface area contributed by atoms with E-state index in [1.165, 1.54) is 38.9 Å². The van der Waals surface area contributed by atoms with Gasteiger partial charge < -0.3 is 79.1 Å². The summed E-state index contributed by atoms with van der Waals surface area (Å²) in [6.45, 7) is 16.4. The summed E-state index contributed by atoms with van der Waals surface area (Å²) >= 11 is 0. The van der Waals surface area contributed by atoms with E-state index in [2.05, 4.69) is 245 Å². The standard InChI is InChI=1S/C33H35N2O.C27H31N2O.C21H27N2O.3BrH/c1-35(33(29-18-10-4-11-19-29)30-20-12-5-13-21-30)24-22-34(23-25-35)32(36)26-31(27-14-6-2-7-15-27)28-16-8-3-9-17-28;1-29(22-23-11-5-2-6-12-23)19-17-28(18-20-29)27(30)21-26(24-13-7-3-8-14-24)25-15-9-4-10-16-25;1-17(2)23(3)15-13-22(14-16-23)21(24)20-12-8-7-11-19(20)18-9-5-4-6-10-18;;;/h2-21,31,33H,22-26H2,1H3;2-16,26H,17-22H2,1H3;4-12,17H,13-16H2,1-3H3;3*1H/q3*+1;;;/p-3. The van der Waals surface area contributed by atoms with Crippen LogP contribution in [0.4, 0.5) is 0 Å². The Labute approximate surface area is 586 Å². The molecule has 9 aromatic rings. The number of benzene rings is 9. The van der Waals surface area contributed by atoms with Crippen LogP contribution in [-0.4, -0.2) is 152 Å². The lowest BCUT2D eigenvalue weighted by Gasteiger charge is -2.47. The number of likely N-dealkylation sites (N-methyl/N-ethyl adjacent to an activating group) is 3. The zero-order valence-corrected chi connectivity index (χ0v) is 59.6. The molecule has 3 amide bonds. The smallest absolute Gasteiger partial charge is 0.254 e. The largest absolute Gasteiger partial charge is 1.00 e. The molecule has 3 heterocycles. The Bertz CT molecular complexity index is 3530. The Morgan fingerprint density at radius 3 is 1.03 bits per heavy atom. The van der Waals surface area contributed by atoms with Gasteiger partial charge in [0.05, 0.1) is 106 Å². The molecule has 3 fully saturated rings. The fourth-order valence-corrected chi connectivity index (χ4v) is 13.5. The monoisotopic (exact) mass is 1430 g/mol. The van der Waals surface area contributed by atoms with E-state index in [0.29, 0.717) is 18.9 Å². The number of rotatable bonds is 16. The number of carbonyl (C=O) groups is 3. The van der Waals surface area contributed by atoms with Gasteiger partial charge in [-0.25, -0.2) is 0 Å². The summed E-state index contributed by atoms with van der Waals surface area (Å²) in [5.41, 5.74) is 11.8. The van der Waals surface area contributed by atoms with Crippen molar-refractivity contribution in [3.8, 4) is 11.1 Å². The first kappa shape index (κ1) is 73.1. The van der Waals surface area contributed by atoms with Gasteiger partial charge >= 0.3 is 0 Å². The Morgan fingerprint density at radius 2 is 0.656 bits per heavy atom. The van der Waals surface area contributed by atoms with Crippen molar-refractivity contribution < 1.29 is 78.8 Å². The van der Waals surface area contributed by atoms with Crippen molar-refractivity contribution in [3.05, 3.63) is 311 Å². The maximum atomic E-state index is 13.6. The van der Waals surface area contributed by atoms with Gasteiger partial charge in [0, 0.05) is 46.9 Å². The minimum atomic E-state index is 0. The molecule has 0 N–H and O–H groups in total. The topological polar surface area (TPSA) is 60.9 Å². The van der Waals surface area contributed by atoms with E-state index in [9.17, 15) is 14.4 Å². The highest BCUT2D eigenvalue weighted by atomic mass is 79.9. The molecule has 0 bridgehead atoms. The SMILES string of the molecule is CC(C)[N+]1(C)CCN(C(=O)c2ccccc2-c2ccccc2)CC1.C[N+]1(C(c2ccccc2)c2ccccc2)CCN(C(=O)CC(c2ccccc2)c2ccccc2)CC1.C[N+]1(Cc2ccccc2)CCN(C(=O)CC(c2ccccc2)c2ccccc2)CC1.[Br-].[Br-].[Br-]. The molecule has 3 saturated heterocycles. The fourth-order valence-electron chi connectivity index (χ4n) is 13.5. The second-order valence-electron chi connectivity index (χ2n) is 26.0. The number of hydrogen-bond acceptors (Lipinski definition) is 3. The summed E-state index contributed by atoms with van der Waals surface area (Å²) in [5.74, 6) is 0.842. The van der Waals surface area contributed by atoms with E-state index >= 15 is 0 Å². The van der Waals surface area contributed by atoms with Gasteiger partial charge in [0.2, 0.25) is 11.8 Å². The predicted molar refractivity (Wildman–Crippen MR) is 367 cm³/mol. The lowest BCUT2D eigenvalue weighted by Crippen LogP contribution is -3.00. The average Bonchev–Trinajstić information content (AvgIpc) is 0.839. The molecular formula is C81H93Br3N6O3. The van der Waals surface area contributed by atoms with Crippen LogP contribution < -0.4 is 50.9 Å². The van der Waals surface area contributed by atoms with Gasteiger partial charge in [0.1, 0.15) is 12.6 Å². The van der Waals surface area contributed by atoms with Crippen LogP contribution in [0.2, 0.25) is 0 Å². The Hall–Kier alpha value is -7.29. The zero-order chi connectivity index (χ0) is 62.8. The third-order valence-electron chi connectivity index (χ3n) is 19.7. The number of halogens is 3. The highest BCUT2D eigenvalue weighted by molar-refractivity contribution is 6.01. The number of piperazine rings is 3. The fraction of sp³-hybridized carbons (Fsp3) is 0.296. The van der Waals surface area contributed by atoms with Gasteiger partial charge in [0.15, 0.2) is 0 Å². The van der Waals surface area contributed by atoms with Crippen LogP contribution in [0.15, 0.2) is 267 Å². The van der Waals surface area contributed by atoms with Crippen LogP contribution in [0.1, 0.15) is 93.9 Å². The van der Waals surface area contributed by atoms with Crippen molar-refractivity contribution in [2.75, 3.05) is 99.7 Å². The van der Waals surface area contributed by atoms with E-state index in [1.807, 2.05) is 71.6 Å². The van der Waals surface area contributed by atoms with Gasteiger partial charge in [-0.2, -0.15) is 0 Å². The van der Waals surface area contributed by atoms with Gasteiger partial charge in [-0.3, -0.25) is 14.4 Å². The summed E-state index contributed by atoms with van der Waals surface area (Å²) in [5, 5.41) is 0. The zero-order valence-electron chi connectivity index (χ0n) is 54.9. The second-order valence-corrected chi connectivity index (χ2v) is 26.0. The number of nitrogens with zero attached hydrogens (tertiary/aromatic N) is 6. The summed E-state index contributed by atoms with van der Waals surface area (Å²) in [6.07, 6.45) is 1.02. The van der Waals surface area contributed by atoms with Gasteiger partial charge in [0.25, 0.3) is 5.91 Å². The molecule has 12 heteroatoms. The van der Waals surface area contributed by atoms with E-state index in [1.54, 1.807) is 0 Å². The van der Waals surface area contributed by atoms with Crippen LogP contribution in [0.5, 0.6) is 0 Å². The van der Waals surface area contributed by atoms with Crippen molar-refractivity contribution in [2.24, 2.45) is 0 Å². The van der Waals surface area contributed by atoms with Crippen LogP contribution >= 0.6 is 0 Å². The lowest BCUT2D eigenvalue weighted by atomic mass is 9.88. The van der Waals surface area contributed by atoms with Gasteiger partial charge in [-0.1, -0.05) is 261 Å². The molecule has 3 aliphatic heterocycles. The molecule has 12 rings (SSSR count). The molecule has 486 valence electrons. The highest BCUT2D eigenvalue weighted by Crippen LogP contribution is 2.37. The molecular weight excluding hydrogens is 1340 g/mol. The lowest BCUT2D eigenvalue weighted by molar-refractivity contribution is -0.937. The van der Waals surface area contributed by atoms with Crippen molar-refractivity contribution in [2.45, 2.75) is 57.2 Å². The number of hydrogen-bond donors (Lipinski definition) is 0. The van der Waals surface area contributed by atoms with Crippen LogP contribution in [-0.2, 0) is 16.1 Å². The van der Waals surface area contributed by atoms with Crippen molar-refractivity contribution in [1.29, 1.82) is 0 Å². The van der Waals surface area contributed by atoms with E-state index in [0.717, 1.165) is 115 Å². The normalized spacial score (nSPS) is 15.4. The van der Waals surface area contributed by atoms with E-state index in [4.69, 9.17) is 0 Å². The maximum Gasteiger partial charge on any atom is 0.254 e. The quantitative estimate of drug-likeness (QED) is 0.118. The number of amides is 3. The third-order valence-corrected chi connectivity index (χ3v) is 19.7. The first-order valence-electron chi connectivity index (χ1n) is 32.6. The molecule has 3 aliphatic rings. The first-order valence-corrected chi connectivity index (χ1v) is 32.6. The molecule has 0 unspecified atom stereocenters. The summed E-state index contributed by atoms with van der Waals surface area (Å²) in [4.78, 5) is 46.1. The molecule has 0 aromatic heterocycles. The van der Waals surface area contributed by atoms with Crippen molar-refractivity contribution in [1.82, 2.24) is 14.7 Å². The minimum absolute atomic E-state index is 0. The van der Waals surface area contributed by atoms with Gasteiger partial charge in [-0.05, 0) is 53.3 Å². The van der Waals surface area contributed by atoms with Gasteiger partial charge in [-0.15, -0.1) is 0 Å². The van der Waals surface area contributed by atoms with E-state index in [-0.39, 0.29) is 86.5 Å². The van der Waals surface area contributed by atoms with E-state index < -0.39 is 0 Å². The third kappa shape index (κ3) is 19.4. The van der Waals surface area contributed by atoms with Crippen molar-refractivity contribution >= 4 is 17.7 Å². The molecule has 9 nitrogen and oxygen atoms in total. The molecule has 0 radical (unpaired) electrons. The Balaban J connectivity index is 0.000000198. The summed E-state index contributed by atoms with van der Waals surface area (Å²) in [6, 6.07) is 93.0. The number of carbonyl (C=O) groups excluding carboxylic acids is 3. The average molecular weight is 1440 g/mol. The maximum absolute atomic E-state index is 13.6. The van der Waals surface area contributed by atoms with Crippen molar-refractivity contribution in [3.63, 3.8) is 0 Å².